The predicted octanol–water partition coefficient (Wildman–Crippen LogP) is 4.41. The minimum absolute atomic E-state index is 0.128. The lowest BCUT2D eigenvalue weighted by atomic mass is 10.0. The predicted molar refractivity (Wildman–Crippen MR) is 154 cm³/mol. The van der Waals surface area contributed by atoms with Crippen LogP contribution in [0.3, 0.4) is 0 Å². The number of aryl methyl sites for hydroxylation is 1. The monoisotopic (exact) mass is 584 g/mol. The van der Waals surface area contributed by atoms with Gasteiger partial charge in [0.1, 0.15) is 18.3 Å². The lowest BCUT2D eigenvalue weighted by Gasteiger charge is -2.15. The van der Waals surface area contributed by atoms with Crippen LogP contribution in [-0.2, 0) is 15.9 Å². The number of rotatable bonds is 6. The van der Waals surface area contributed by atoms with Crippen LogP contribution in [0.2, 0.25) is 5.02 Å². The van der Waals surface area contributed by atoms with Crippen molar-refractivity contribution in [2.45, 2.75) is 31.4 Å². The molecule has 42 heavy (non-hydrogen) atoms. The molecule has 0 saturated carbocycles. The van der Waals surface area contributed by atoms with Crippen LogP contribution in [0.4, 0.5) is 10.5 Å². The normalized spacial score (nSPS) is 17.7. The topological polar surface area (TPSA) is 142 Å². The lowest BCUT2D eigenvalue weighted by Crippen LogP contribution is -2.23. The number of ether oxygens (including phenoxy) is 2. The van der Waals surface area contributed by atoms with Gasteiger partial charge in [0.2, 0.25) is 0 Å². The number of carbonyl (C=O) groups is 1. The molecule has 2 aliphatic heterocycles. The summed E-state index contributed by atoms with van der Waals surface area (Å²) in [6.45, 7) is 1.03. The van der Waals surface area contributed by atoms with Gasteiger partial charge in [0.05, 0.1) is 36.8 Å². The van der Waals surface area contributed by atoms with Gasteiger partial charge in [-0.15, -0.1) is 5.10 Å². The molecule has 212 valence electrons. The van der Waals surface area contributed by atoms with Crippen molar-refractivity contribution in [3.05, 3.63) is 94.0 Å². The van der Waals surface area contributed by atoms with Crippen LogP contribution in [0.25, 0.3) is 28.1 Å². The Bertz CT molecular complexity index is 1810. The van der Waals surface area contributed by atoms with Gasteiger partial charge in [-0.3, -0.25) is 10.1 Å². The number of hydrogen-bond donors (Lipinski definition) is 2. The van der Waals surface area contributed by atoms with Crippen molar-refractivity contribution in [3.63, 3.8) is 0 Å². The summed E-state index contributed by atoms with van der Waals surface area (Å²) in [6.07, 6.45) is 4.71. The Morgan fingerprint density at radius 2 is 1.98 bits per heavy atom. The van der Waals surface area contributed by atoms with E-state index in [0.29, 0.717) is 42.6 Å². The van der Waals surface area contributed by atoms with Crippen LogP contribution < -0.4 is 10.9 Å². The first-order valence-corrected chi connectivity index (χ1v) is 13.9. The second-order valence-corrected chi connectivity index (χ2v) is 10.6. The Balaban J connectivity index is 1.10. The third-order valence-electron chi connectivity index (χ3n) is 7.51. The van der Waals surface area contributed by atoms with Crippen molar-refractivity contribution in [1.82, 2.24) is 34.7 Å². The van der Waals surface area contributed by atoms with Gasteiger partial charge >= 0.3 is 6.09 Å². The number of aromatic nitrogens is 7. The molecule has 2 aromatic carbocycles. The Labute approximate surface area is 244 Å². The van der Waals surface area contributed by atoms with E-state index in [1.165, 1.54) is 6.33 Å². The van der Waals surface area contributed by atoms with E-state index >= 15 is 0 Å². The van der Waals surface area contributed by atoms with Gasteiger partial charge in [-0.05, 0) is 70.8 Å². The number of imidazole rings is 1. The summed E-state index contributed by atoms with van der Waals surface area (Å²) >= 11 is 6.32. The molecule has 0 radical (unpaired) electrons. The molecule has 2 atom stereocenters. The Kier molecular flexibility index (Phi) is 6.76. The molecule has 12 nitrogen and oxygen atoms in total. The van der Waals surface area contributed by atoms with E-state index in [9.17, 15) is 9.59 Å². The van der Waals surface area contributed by atoms with Crippen molar-refractivity contribution >= 4 is 23.4 Å². The number of anilines is 1. The molecule has 7 rings (SSSR count). The van der Waals surface area contributed by atoms with Crippen molar-refractivity contribution in [2.24, 2.45) is 0 Å². The number of aromatic amines is 1. The van der Waals surface area contributed by atoms with Crippen molar-refractivity contribution in [1.29, 1.82) is 0 Å². The number of H-pyrrole nitrogens is 1. The molecule has 3 aromatic heterocycles. The quantitative estimate of drug-likeness (QED) is 0.299. The third kappa shape index (κ3) is 5.06. The fourth-order valence-electron chi connectivity index (χ4n) is 5.51. The number of carbonyl (C=O) groups excluding carboxylic acids is 1. The molecule has 0 spiro atoms. The van der Waals surface area contributed by atoms with Crippen LogP contribution >= 0.6 is 11.6 Å². The van der Waals surface area contributed by atoms with Gasteiger partial charge in [0, 0.05) is 34.5 Å². The van der Waals surface area contributed by atoms with Crippen molar-refractivity contribution in [2.75, 3.05) is 18.5 Å². The van der Waals surface area contributed by atoms with Gasteiger partial charge in [-0.1, -0.05) is 23.7 Å². The van der Waals surface area contributed by atoms with Gasteiger partial charge in [0.15, 0.2) is 0 Å². The molecular weight excluding hydrogens is 560 g/mol. The number of hydrogen-bond acceptors (Lipinski definition) is 8. The van der Waals surface area contributed by atoms with Gasteiger partial charge in [0.25, 0.3) is 5.56 Å². The maximum atomic E-state index is 13.5. The summed E-state index contributed by atoms with van der Waals surface area (Å²) in [5, 5.41) is 14.8. The second kappa shape index (κ2) is 10.9. The van der Waals surface area contributed by atoms with Gasteiger partial charge < -0.3 is 19.0 Å². The first kappa shape index (κ1) is 26.1. The number of halogens is 1. The summed E-state index contributed by atoms with van der Waals surface area (Å²) in [7, 11) is 0. The lowest BCUT2D eigenvalue weighted by molar-refractivity contribution is 0.0932. The second-order valence-electron chi connectivity index (χ2n) is 10.2. The summed E-state index contributed by atoms with van der Waals surface area (Å²) in [4.78, 5) is 33.6. The van der Waals surface area contributed by atoms with E-state index in [2.05, 4.69) is 30.8 Å². The first-order chi connectivity index (χ1) is 20.5. The fraction of sp³-hybridized carbons (Fsp3) is 0.241. The number of benzene rings is 2. The fourth-order valence-corrected chi connectivity index (χ4v) is 5.68. The Hall–Kier alpha value is -4.81. The molecular formula is C29H25ClN8O4. The van der Waals surface area contributed by atoms with E-state index < -0.39 is 6.09 Å². The molecule has 2 aliphatic rings. The molecule has 2 N–H and O–H groups in total. The molecule has 5 heterocycles. The van der Waals surface area contributed by atoms with Gasteiger partial charge in [-0.2, -0.15) is 4.68 Å². The average Bonchev–Trinajstić information content (AvgIpc) is 3.81. The molecule has 0 aliphatic carbocycles. The van der Waals surface area contributed by atoms with E-state index in [1.54, 1.807) is 39.7 Å². The summed E-state index contributed by atoms with van der Waals surface area (Å²) in [5.74, 6) is 0.709. The number of fused-ring (bicyclic) bond motifs is 1. The highest BCUT2D eigenvalue weighted by Gasteiger charge is 2.28. The van der Waals surface area contributed by atoms with E-state index in [-0.39, 0.29) is 17.7 Å². The largest absolute Gasteiger partial charge is 0.443 e. The maximum absolute atomic E-state index is 13.5. The number of nitrogens with one attached hydrogen (secondary N) is 2. The number of pyridine rings is 1. The number of amides is 1. The van der Waals surface area contributed by atoms with Crippen LogP contribution in [0.5, 0.6) is 0 Å². The molecule has 1 fully saturated rings. The number of tetrazole rings is 1. The van der Waals surface area contributed by atoms with Gasteiger partial charge in [-0.25, -0.2) is 9.78 Å². The molecule has 5 aromatic rings. The number of nitrogens with zero attached hydrogens (tertiary/aromatic N) is 6. The highest BCUT2D eigenvalue weighted by molar-refractivity contribution is 6.31. The van der Waals surface area contributed by atoms with Crippen LogP contribution in [0.1, 0.15) is 30.4 Å². The maximum Gasteiger partial charge on any atom is 0.411 e. The highest BCUT2D eigenvalue weighted by Crippen LogP contribution is 2.34. The molecule has 1 amide bonds. The molecule has 13 heteroatoms. The molecule has 1 saturated heterocycles. The smallest absolute Gasteiger partial charge is 0.411 e. The first-order valence-electron chi connectivity index (χ1n) is 13.5. The van der Waals surface area contributed by atoms with Crippen LogP contribution in [0.15, 0.2) is 71.9 Å². The third-order valence-corrected chi connectivity index (χ3v) is 7.75. The molecule has 1 unspecified atom stereocenters. The Morgan fingerprint density at radius 1 is 1.10 bits per heavy atom. The average molecular weight is 585 g/mol. The summed E-state index contributed by atoms with van der Waals surface area (Å²) in [5.41, 5.74) is 5.34. The van der Waals surface area contributed by atoms with Crippen molar-refractivity contribution in [3.8, 4) is 28.1 Å². The highest BCUT2D eigenvalue weighted by atomic mass is 35.5. The van der Waals surface area contributed by atoms with Crippen molar-refractivity contribution < 1.29 is 14.3 Å². The summed E-state index contributed by atoms with van der Waals surface area (Å²) < 4.78 is 13.9. The SMILES string of the molecule is O=C(Nc1ccc(-c2cnc([C@@H]3CCc4cc(-c5cc(Cl)ccc5-n5cnnn5)cc(=O)n43)[nH]2)cc1)OC1CCOC1. The minimum atomic E-state index is -0.502. The molecule has 0 bridgehead atoms. The standard InChI is InChI=1S/C29H25ClN8O4/c30-19-3-7-25(37-16-32-35-36-37)23(13-19)18-11-21-6-8-26(38(21)27(39)12-18)28-31-14-24(34-28)17-1-4-20(5-2-17)33-29(40)42-22-9-10-41-15-22/h1-5,7,11-14,16,22,26H,6,8-10,15H2,(H,31,34)(H,33,40)/t22?,26-/m0/s1. The van der Waals surface area contributed by atoms with Crippen LogP contribution in [-0.4, -0.2) is 60.2 Å². The summed E-state index contributed by atoms with van der Waals surface area (Å²) in [6, 6.07) is 16.2. The minimum Gasteiger partial charge on any atom is -0.443 e. The van der Waals surface area contributed by atoms with Crippen LogP contribution in [0, 0.1) is 0 Å². The van der Waals surface area contributed by atoms with E-state index in [1.807, 2.05) is 30.3 Å². The van der Waals surface area contributed by atoms with E-state index in [0.717, 1.165) is 40.2 Å². The Morgan fingerprint density at radius 3 is 2.76 bits per heavy atom. The zero-order valence-electron chi connectivity index (χ0n) is 22.2. The van der Waals surface area contributed by atoms with E-state index in [4.69, 9.17) is 21.1 Å². The zero-order valence-corrected chi connectivity index (χ0v) is 23.0. The zero-order chi connectivity index (χ0) is 28.6.